The molecule has 0 radical (unpaired) electrons. The molecule has 0 spiro atoms. The minimum absolute atomic E-state index is 0.116. The van der Waals surface area contributed by atoms with Crippen molar-refractivity contribution in [2.75, 3.05) is 0 Å². The Bertz CT molecular complexity index is 846. The molecule has 0 aliphatic heterocycles. The lowest BCUT2D eigenvalue weighted by molar-refractivity contribution is -0.145. The van der Waals surface area contributed by atoms with Crippen LogP contribution < -0.4 is 10.2 Å². The third-order valence-electron chi connectivity index (χ3n) is 6.19. The molecular weight excluding hydrogens is 468 g/mol. The van der Waals surface area contributed by atoms with Crippen LogP contribution in [0.4, 0.5) is 0 Å². The molecule has 0 unspecified atom stereocenters. The molecule has 1 aromatic rings. The van der Waals surface area contributed by atoms with Gasteiger partial charge in [0.2, 0.25) is 11.2 Å². The molecule has 1 heterocycles. The summed E-state index contributed by atoms with van der Waals surface area (Å²) < 4.78 is 15.6. The van der Waals surface area contributed by atoms with Gasteiger partial charge in [-0.3, -0.25) is 14.4 Å². The molecule has 0 saturated carbocycles. The molecule has 210 valence electrons. The van der Waals surface area contributed by atoms with Gasteiger partial charge < -0.3 is 13.9 Å². The van der Waals surface area contributed by atoms with Gasteiger partial charge in [0, 0.05) is 12.5 Å². The fourth-order valence-electron chi connectivity index (χ4n) is 3.76. The molecule has 0 amide bonds. The highest BCUT2D eigenvalue weighted by Gasteiger charge is 2.25. The van der Waals surface area contributed by atoms with Gasteiger partial charge in [-0.05, 0) is 52.9 Å². The van der Waals surface area contributed by atoms with E-state index < -0.39 is 16.8 Å². The van der Waals surface area contributed by atoms with Crippen molar-refractivity contribution >= 4 is 11.9 Å². The molecule has 0 aliphatic rings. The first-order valence-electron chi connectivity index (χ1n) is 14.4. The minimum atomic E-state index is -0.731. The number of carbonyl (C=O) groups is 2. The predicted octanol–water partition coefficient (Wildman–Crippen LogP) is 8.45. The summed E-state index contributed by atoms with van der Waals surface area (Å²) >= 11 is 0. The second-order valence-electron chi connectivity index (χ2n) is 10.9. The van der Waals surface area contributed by atoms with Gasteiger partial charge in [-0.2, -0.15) is 0 Å². The Labute approximate surface area is 224 Å². The number of esters is 2. The Balaban J connectivity index is 2.02. The van der Waals surface area contributed by atoms with E-state index in [9.17, 15) is 14.4 Å². The number of allylic oxidation sites excluding steroid dienone is 2. The number of ether oxygens (including phenoxy) is 2. The SMILES string of the molecule is CCCCCCCC/C=C/CCCCCCCCCC(=O)OCc1cc(=O)c(OC(=O)C(C)(C)C)co1. The smallest absolute Gasteiger partial charge is 0.316 e. The van der Waals surface area contributed by atoms with Crippen LogP contribution in [0.3, 0.4) is 0 Å². The maximum Gasteiger partial charge on any atom is 0.316 e. The van der Waals surface area contributed by atoms with Crippen LogP contribution in [-0.4, -0.2) is 11.9 Å². The molecule has 37 heavy (non-hydrogen) atoms. The summed E-state index contributed by atoms with van der Waals surface area (Å²) in [5.41, 5.74) is -1.22. The maximum atomic E-state index is 12.1. The highest BCUT2D eigenvalue weighted by atomic mass is 16.6. The summed E-state index contributed by atoms with van der Waals surface area (Å²) in [5.74, 6) is -0.787. The summed E-state index contributed by atoms with van der Waals surface area (Å²) in [4.78, 5) is 36.0. The van der Waals surface area contributed by atoms with E-state index in [4.69, 9.17) is 13.9 Å². The number of carbonyl (C=O) groups excluding carboxylic acids is 2. The van der Waals surface area contributed by atoms with Gasteiger partial charge in [-0.25, -0.2) is 0 Å². The zero-order chi connectivity index (χ0) is 27.4. The summed E-state index contributed by atoms with van der Waals surface area (Å²) in [6.07, 6.45) is 24.6. The number of hydrogen-bond donors (Lipinski definition) is 0. The number of hydrogen-bond acceptors (Lipinski definition) is 6. The second-order valence-corrected chi connectivity index (χ2v) is 10.9. The molecule has 0 N–H and O–H groups in total. The lowest BCUT2D eigenvalue weighted by atomic mass is 9.97. The summed E-state index contributed by atoms with van der Waals surface area (Å²) in [5, 5.41) is 0. The fourth-order valence-corrected chi connectivity index (χ4v) is 3.76. The van der Waals surface area contributed by atoms with E-state index in [2.05, 4.69) is 19.1 Å². The third-order valence-corrected chi connectivity index (χ3v) is 6.19. The van der Waals surface area contributed by atoms with E-state index in [1.807, 2.05) is 0 Å². The van der Waals surface area contributed by atoms with Gasteiger partial charge in [-0.15, -0.1) is 0 Å². The van der Waals surface area contributed by atoms with Gasteiger partial charge in [0.25, 0.3) is 0 Å². The summed E-state index contributed by atoms with van der Waals surface area (Å²) in [6, 6.07) is 1.18. The van der Waals surface area contributed by atoms with Crippen LogP contribution in [0, 0.1) is 5.41 Å². The van der Waals surface area contributed by atoms with E-state index in [1.165, 1.54) is 83.1 Å². The van der Waals surface area contributed by atoms with Gasteiger partial charge in [0.05, 0.1) is 5.41 Å². The standard InChI is InChI=1S/C31H50O6/c1-5-6-7-8-9-10-11-12-13-14-15-16-17-18-19-20-21-22-29(33)36-24-26-23-27(32)28(25-35-26)37-30(34)31(2,3)4/h12-13,23,25H,5-11,14-22,24H2,1-4H3/b13-12+. The van der Waals surface area contributed by atoms with Crippen molar-refractivity contribution in [1.82, 2.24) is 0 Å². The van der Waals surface area contributed by atoms with Crippen molar-refractivity contribution in [3.63, 3.8) is 0 Å². The van der Waals surface area contributed by atoms with Crippen molar-refractivity contribution in [3.05, 3.63) is 40.5 Å². The fraction of sp³-hybridized carbons (Fsp3) is 0.710. The highest BCUT2D eigenvalue weighted by molar-refractivity contribution is 5.77. The Morgan fingerprint density at radius 3 is 1.92 bits per heavy atom. The Hall–Kier alpha value is -2.37. The van der Waals surface area contributed by atoms with Crippen LogP contribution in [0.15, 0.2) is 33.7 Å². The van der Waals surface area contributed by atoms with E-state index in [-0.39, 0.29) is 24.1 Å². The Kier molecular flexibility index (Phi) is 17.4. The zero-order valence-corrected chi connectivity index (χ0v) is 23.8. The molecular formula is C31H50O6. The lowest BCUT2D eigenvalue weighted by Crippen LogP contribution is -2.27. The molecule has 0 aliphatic carbocycles. The molecule has 0 fully saturated rings. The van der Waals surface area contributed by atoms with Crippen LogP contribution in [0.25, 0.3) is 0 Å². The monoisotopic (exact) mass is 518 g/mol. The highest BCUT2D eigenvalue weighted by Crippen LogP contribution is 2.18. The summed E-state index contributed by atoms with van der Waals surface area (Å²) in [7, 11) is 0. The van der Waals surface area contributed by atoms with Crippen molar-refractivity contribution in [3.8, 4) is 5.75 Å². The topological polar surface area (TPSA) is 82.8 Å². The molecule has 1 aromatic heterocycles. The van der Waals surface area contributed by atoms with Gasteiger partial charge >= 0.3 is 11.9 Å². The van der Waals surface area contributed by atoms with Crippen molar-refractivity contribution in [2.24, 2.45) is 5.41 Å². The van der Waals surface area contributed by atoms with Crippen LogP contribution in [0.2, 0.25) is 0 Å². The quantitative estimate of drug-likeness (QED) is 0.0978. The molecule has 0 aromatic carbocycles. The molecule has 6 nitrogen and oxygen atoms in total. The van der Waals surface area contributed by atoms with Crippen LogP contribution in [0.5, 0.6) is 5.75 Å². The normalized spacial score (nSPS) is 11.7. The largest absolute Gasteiger partial charge is 0.462 e. The van der Waals surface area contributed by atoms with E-state index in [0.29, 0.717) is 6.42 Å². The average Bonchev–Trinajstić information content (AvgIpc) is 2.85. The van der Waals surface area contributed by atoms with Crippen molar-refractivity contribution in [2.45, 2.75) is 137 Å². The lowest BCUT2D eigenvalue weighted by Gasteiger charge is -2.15. The molecule has 0 bridgehead atoms. The van der Waals surface area contributed by atoms with E-state index in [1.54, 1.807) is 20.8 Å². The number of rotatable bonds is 20. The van der Waals surface area contributed by atoms with Crippen molar-refractivity contribution in [1.29, 1.82) is 0 Å². The molecule has 0 saturated heterocycles. The first-order valence-corrected chi connectivity index (χ1v) is 14.4. The van der Waals surface area contributed by atoms with Gasteiger partial charge in [0.15, 0.2) is 0 Å². The molecule has 0 atom stereocenters. The van der Waals surface area contributed by atoms with E-state index >= 15 is 0 Å². The first-order chi connectivity index (χ1) is 17.7. The first kappa shape index (κ1) is 32.7. The number of unbranched alkanes of at least 4 members (excludes halogenated alkanes) is 13. The summed E-state index contributed by atoms with van der Waals surface area (Å²) in [6.45, 7) is 7.23. The third kappa shape index (κ3) is 16.9. The van der Waals surface area contributed by atoms with Crippen LogP contribution in [0.1, 0.15) is 136 Å². The van der Waals surface area contributed by atoms with Crippen LogP contribution >= 0.6 is 0 Å². The molecule has 1 rings (SSSR count). The molecule has 6 heteroatoms. The van der Waals surface area contributed by atoms with Gasteiger partial charge in [0.1, 0.15) is 18.6 Å². The van der Waals surface area contributed by atoms with Gasteiger partial charge in [-0.1, -0.05) is 83.3 Å². The minimum Gasteiger partial charge on any atom is -0.462 e. The maximum absolute atomic E-state index is 12.1. The predicted molar refractivity (Wildman–Crippen MR) is 149 cm³/mol. The van der Waals surface area contributed by atoms with Crippen LogP contribution in [-0.2, 0) is 20.9 Å². The average molecular weight is 519 g/mol. The Morgan fingerprint density at radius 1 is 0.838 bits per heavy atom. The zero-order valence-electron chi connectivity index (χ0n) is 23.8. The van der Waals surface area contributed by atoms with Crippen molar-refractivity contribution < 1.29 is 23.5 Å². The van der Waals surface area contributed by atoms with E-state index in [0.717, 1.165) is 25.5 Å². The Morgan fingerprint density at radius 2 is 1.38 bits per heavy atom. The second kappa shape index (κ2) is 19.7.